The highest BCUT2D eigenvalue weighted by Crippen LogP contribution is 2.25. The Balaban J connectivity index is 2.27. The highest BCUT2D eigenvalue weighted by molar-refractivity contribution is 5.81. The normalized spacial score (nSPS) is 11.8. The van der Waals surface area contributed by atoms with Gasteiger partial charge in [-0.1, -0.05) is 75.2 Å². The van der Waals surface area contributed by atoms with Crippen molar-refractivity contribution in [2.24, 2.45) is 0 Å². The Morgan fingerprint density at radius 2 is 1.36 bits per heavy atom. The van der Waals surface area contributed by atoms with Gasteiger partial charge in [-0.15, -0.1) is 0 Å². The summed E-state index contributed by atoms with van der Waals surface area (Å²) in [5, 5.41) is 0. The van der Waals surface area contributed by atoms with Gasteiger partial charge in [0.25, 0.3) is 0 Å². The molecule has 0 spiro atoms. The van der Waals surface area contributed by atoms with Gasteiger partial charge in [-0.05, 0) is 54.0 Å². The highest BCUT2D eigenvalue weighted by atomic mass is 15.1. The van der Waals surface area contributed by atoms with Crippen LogP contribution in [0.4, 0.5) is 5.69 Å². The molecule has 0 atom stereocenters. The molecule has 0 saturated carbocycles. The van der Waals surface area contributed by atoms with E-state index in [0.717, 1.165) is 13.1 Å². The van der Waals surface area contributed by atoms with Gasteiger partial charge in [0.2, 0.25) is 0 Å². The van der Waals surface area contributed by atoms with Gasteiger partial charge in [0.15, 0.2) is 0 Å². The molecule has 0 radical (unpaired) electrons. The van der Waals surface area contributed by atoms with Crippen molar-refractivity contribution < 1.29 is 0 Å². The quantitative estimate of drug-likeness (QED) is 0.408. The Morgan fingerprint density at radius 1 is 0.786 bits per heavy atom. The third-order valence-corrected chi connectivity index (χ3v) is 4.94. The largest absolute Gasteiger partial charge is 0.378 e. The van der Waals surface area contributed by atoms with Gasteiger partial charge in [-0.25, -0.2) is 0 Å². The van der Waals surface area contributed by atoms with E-state index >= 15 is 0 Å². The number of benzene rings is 2. The molecule has 0 amide bonds. The fraction of sp³-hybridized carbons (Fsp3) is 0.385. The molecule has 2 rings (SSSR count). The van der Waals surface area contributed by atoms with Crippen LogP contribution in [0.5, 0.6) is 0 Å². The fourth-order valence-corrected chi connectivity index (χ4v) is 3.16. The maximum Gasteiger partial charge on any atom is 0.0361 e. The molecular weight excluding hydrogens is 340 g/mol. The van der Waals surface area contributed by atoms with E-state index in [1.165, 1.54) is 48.1 Å². The Labute approximate surface area is 172 Å². The summed E-state index contributed by atoms with van der Waals surface area (Å²) in [6.45, 7) is 6.79. The predicted octanol–water partition coefficient (Wildman–Crippen LogP) is 6.60. The lowest BCUT2D eigenvalue weighted by molar-refractivity contribution is 0.360. The maximum absolute atomic E-state index is 2.46. The van der Waals surface area contributed by atoms with Gasteiger partial charge < -0.3 is 9.80 Å². The molecule has 0 aliphatic heterocycles. The average Bonchev–Trinajstić information content (AvgIpc) is 2.73. The van der Waals surface area contributed by atoms with Gasteiger partial charge in [0.05, 0.1) is 0 Å². The number of rotatable bonds is 11. The van der Waals surface area contributed by atoms with Crippen molar-refractivity contribution in [3.8, 4) is 0 Å². The Kier molecular flexibility index (Phi) is 9.41. The van der Waals surface area contributed by atoms with Crippen LogP contribution < -0.4 is 4.90 Å². The lowest BCUT2D eigenvalue weighted by atomic mass is 9.97. The Morgan fingerprint density at radius 3 is 1.89 bits per heavy atom. The molecule has 0 aliphatic carbocycles. The first-order valence-corrected chi connectivity index (χ1v) is 10.6. The monoisotopic (exact) mass is 376 g/mol. The summed E-state index contributed by atoms with van der Waals surface area (Å²) in [5.74, 6) is 0. The molecule has 2 nitrogen and oxygen atoms in total. The zero-order chi connectivity index (χ0) is 20.2. The van der Waals surface area contributed by atoms with Crippen LogP contribution in [-0.2, 0) is 0 Å². The molecule has 0 aliphatic rings. The summed E-state index contributed by atoms with van der Waals surface area (Å²) in [4.78, 5) is 4.59. The second-order valence-corrected chi connectivity index (χ2v) is 7.47. The number of anilines is 1. The molecule has 0 N–H and O–H groups in total. The summed E-state index contributed by atoms with van der Waals surface area (Å²) in [6, 6.07) is 19.5. The van der Waals surface area contributed by atoms with Crippen LogP contribution in [0.15, 0.2) is 72.9 Å². The number of allylic oxidation sites excluding steroid dienone is 2. The van der Waals surface area contributed by atoms with E-state index in [1.807, 2.05) is 0 Å². The third-order valence-electron chi connectivity index (χ3n) is 4.94. The Hall–Kier alpha value is -2.48. The van der Waals surface area contributed by atoms with Gasteiger partial charge in [-0.2, -0.15) is 0 Å². The minimum atomic E-state index is 1.14. The van der Waals surface area contributed by atoms with Crippen molar-refractivity contribution in [3.63, 3.8) is 0 Å². The van der Waals surface area contributed by atoms with Crippen molar-refractivity contribution >= 4 is 11.3 Å². The maximum atomic E-state index is 2.46. The molecule has 28 heavy (non-hydrogen) atoms. The molecule has 2 aromatic carbocycles. The van der Waals surface area contributed by atoms with E-state index in [-0.39, 0.29) is 0 Å². The van der Waals surface area contributed by atoms with E-state index in [9.17, 15) is 0 Å². The first kappa shape index (κ1) is 21.8. The van der Waals surface area contributed by atoms with E-state index in [2.05, 4.69) is 111 Å². The first-order valence-electron chi connectivity index (χ1n) is 10.6. The molecule has 150 valence electrons. The fourth-order valence-electron chi connectivity index (χ4n) is 3.16. The van der Waals surface area contributed by atoms with E-state index < -0.39 is 0 Å². The SMILES string of the molecule is CCCCN(C=CC=C(c1ccccc1)c1ccc(N(C)C)cc1)CCCC. The summed E-state index contributed by atoms with van der Waals surface area (Å²) in [6.07, 6.45) is 11.7. The van der Waals surface area contributed by atoms with E-state index in [0.29, 0.717) is 0 Å². The van der Waals surface area contributed by atoms with Crippen LogP contribution in [0.25, 0.3) is 5.57 Å². The standard InChI is InChI=1S/C26H36N2/c1-5-7-20-28(21-8-6-2)22-12-15-26(23-13-10-9-11-14-23)24-16-18-25(19-17-24)27(3)4/h9-19,22H,5-8,20-21H2,1-4H3. The summed E-state index contributed by atoms with van der Waals surface area (Å²) >= 11 is 0. The number of hydrogen-bond donors (Lipinski definition) is 0. The third kappa shape index (κ3) is 6.92. The minimum absolute atomic E-state index is 1.14. The molecule has 0 saturated heterocycles. The molecule has 2 aromatic rings. The second-order valence-electron chi connectivity index (χ2n) is 7.47. The smallest absolute Gasteiger partial charge is 0.0361 e. The molecule has 0 aromatic heterocycles. The van der Waals surface area contributed by atoms with E-state index in [1.54, 1.807) is 0 Å². The van der Waals surface area contributed by atoms with Gasteiger partial charge >= 0.3 is 0 Å². The van der Waals surface area contributed by atoms with Crippen molar-refractivity contribution in [3.05, 3.63) is 84.1 Å². The molecule has 0 fully saturated rings. The van der Waals surface area contributed by atoms with Gasteiger partial charge in [0.1, 0.15) is 0 Å². The van der Waals surface area contributed by atoms with Crippen molar-refractivity contribution in [2.45, 2.75) is 39.5 Å². The highest BCUT2D eigenvalue weighted by Gasteiger charge is 2.05. The summed E-state index contributed by atoms with van der Waals surface area (Å²) in [7, 11) is 4.15. The Bertz CT molecular complexity index is 719. The van der Waals surface area contributed by atoms with Crippen LogP contribution in [0.3, 0.4) is 0 Å². The molecule has 0 bridgehead atoms. The van der Waals surface area contributed by atoms with Crippen molar-refractivity contribution in [2.75, 3.05) is 32.1 Å². The van der Waals surface area contributed by atoms with Crippen molar-refractivity contribution in [1.82, 2.24) is 4.90 Å². The van der Waals surface area contributed by atoms with Crippen LogP contribution in [0.1, 0.15) is 50.7 Å². The zero-order valence-electron chi connectivity index (χ0n) is 18.1. The van der Waals surface area contributed by atoms with Crippen LogP contribution in [-0.4, -0.2) is 32.1 Å². The molecule has 0 unspecified atom stereocenters. The van der Waals surface area contributed by atoms with Crippen LogP contribution in [0, 0.1) is 0 Å². The van der Waals surface area contributed by atoms with Crippen molar-refractivity contribution in [1.29, 1.82) is 0 Å². The first-order chi connectivity index (χ1) is 13.7. The molecule has 2 heteroatoms. The minimum Gasteiger partial charge on any atom is -0.378 e. The van der Waals surface area contributed by atoms with E-state index in [4.69, 9.17) is 0 Å². The lowest BCUT2D eigenvalue weighted by Gasteiger charge is -2.19. The summed E-state index contributed by atoms with van der Waals surface area (Å²) in [5.41, 5.74) is 4.97. The molecule has 0 heterocycles. The number of hydrogen-bond acceptors (Lipinski definition) is 2. The molecular formula is C26H36N2. The summed E-state index contributed by atoms with van der Waals surface area (Å²) < 4.78 is 0. The van der Waals surface area contributed by atoms with Crippen LogP contribution in [0.2, 0.25) is 0 Å². The van der Waals surface area contributed by atoms with Gasteiger partial charge in [-0.3, -0.25) is 0 Å². The average molecular weight is 377 g/mol. The topological polar surface area (TPSA) is 6.48 Å². The van der Waals surface area contributed by atoms with Gasteiger partial charge in [0, 0.05) is 32.9 Å². The number of unbranched alkanes of at least 4 members (excludes halogenated alkanes) is 2. The number of nitrogens with zero attached hydrogens (tertiary/aromatic N) is 2. The second kappa shape index (κ2) is 12.1. The predicted molar refractivity (Wildman–Crippen MR) is 125 cm³/mol. The lowest BCUT2D eigenvalue weighted by Crippen LogP contribution is -2.19. The zero-order valence-corrected chi connectivity index (χ0v) is 18.1. The van der Waals surface area contributed by atoms with Crippen LogP contribution >= 0.6 is 0 Å².